The van der Waals surface area contributed by atoms with Gasteiger partial charge in [-0.05, 0) is 13.2 Å². The highest BCUT2D eigenvalue weighted by atomic mass is 32.2. The van der Waals surface area contributed by atoms with Crippen LogP contribution in [0.15, 0.2) is 78.1 Å². The number of thiazole rings is 1. The van der Waals surface area contributed by atoms with Gasteiger partial charge in [-0.1, -0.05) is 60.4 Å². The molecule has 0 unspecified atom stereocenters. The quantitative estimate of drug-likeness (QED) is 0.196. The summed E-state index contributed by atoms with van der Waals surface area (Å²) < 4.78 is 6.46. The molecule has 0 radical (unpaired) electrons. The number of carboxylic acid groups (broad SMARTS) is 1. The lowest BCUT2D eigenvalue weighted by Gasteiger charge is -2.46. The van der Waals surface area contributed by atoms with Crippen molar-refractivity contribution in [2.24, 2.45) is 11.8 Å². The standard InChI is InChI=1S/C29H29N4O4S2/c1-17-22(25(29(36)37)33-24(17)23(18(2)34)26(33)35)21-15-32-16-31(27(38-3)28(32)39-21)14-20-10-6-5-9-19(20)13-30-11-7-4-8-12-30/h4-12,15-18,23-24,34H,13-14H2,1-3H3/q+1/p+1/t17-,18+,23+,24+/m0/s1. The van der Waals surface area contributed by atoms with Crippen LogP contribution in [0.3, 0.4) is 0 Å². The molecule has 39 heavy (non-hydrogen) atoms. The molecule has 10 heteroatoms. The maximum absolute atomic E-state index is 12.8. The van der Waals surface area contributed by atoms with E-state index in [0.717, 1.165) is 21.3 Å². The molecule has 5 heterocycles. The third-order valence-electron chi connectivity index (χ3n) is 7.83. The van der Waals surface area contributed by atoms with Crippen molar-refractivity contribution < 1.29 is 28.9 Å². The minimum Gasteiger partial charge on any atom is -0.477 e. The van der Waals surface area contributed by atoms with Crippen molar-refractivity contribution in [3.05, 3.63) is 89.1 Å². The maximum atomic E-state index is 12.8. The number of carbonyl (C=O) groups is 2. The van der Waals surface area contributed by atoms with E-state index >= 15 is 0 Å². The number of rotatable bonds is 8. The largest absolute Gasteiger partial charge is 0.477 e. The summed E-state index contributed by atoms with van der Waals surface area (Å²) in [6, 6.07) is 14.2. The van der Waals surface area contributed by atoms with Crippen molar-refractivity contribution in [1.29, 1.82) is 0 Å². The van der Waals surface area contributed by atoms with Crippen molar-refractivity contribution in [1.82, 2.24) is 9.30 Å². The number of aliphatic hydroxyl groups is 1. The lowest BCUT2D eigenvalue weighted by atomic mass is 9.77. The first-order valence-corrected chi connectivity index (χ1v) is 14.9. The molecule has 8 nitrogen and oxygen atoms in total. The molecule has 0 aliphatic carbocycles. The van der Waals surface area contributed by atoms with Crippen LogP contribution in [-0.2, 0) is 22.7 Å². The Morgan fingerprint density at radius 2 is 1.82 bits per heavy atom. The van der Waals surface area contributed by atoms with Crippen LogP contribution in [-0.4, -0.2) is 49.8 Å². The number of nitrogens with zero attached hydrogens (tertiary/aromatic N) is 4. The molecule has 0 spiro atoms. The number of amides is 1. The summed E-state index contributed by atoms with van der Waals surface area (Å²) >= 11 is 3.21. The van der Waals surface area contributed by atoms with Gasteiger partial charge < -0.3 is 15.1 Å². The Balaban J connectivity index is 1.35. The zero-order valence-corrected chi connectivity index (χ0v) is 23.5. The van der Waals surface area contributed by atoms with Gasteiger partial charge in [-0.3, -0.25) is 4.79 Å². The molecular formula is C29H30N4O4S2+2. The number of pyridine rings is 1. The Labute approximate surface area is 234 Å². The van der Waals surface area contributed by atoms with E-state index in [0.29, 0.717) is 12.1 Å². The van der Waals surface area contributed by atoms with Crippen LogP contribution in [0.4, 0.5) is 0 Å². The first kappa shape index (κ1) is 25.8. The topological polar surface area (TPSA) is 90.0 Å². The van der Waals surface area contributed by atoms with E-state index in [1.165, 1.54) is 16.0 Å². The minimum absolute atomic E-state index is 0.0461. The average Bonchev–Trinajstić information content (AvgIpc) is 3.52. The number of imidazole rings is 1. The summed E-state index contributed by atoms with van der Waals surface area (Å²) in [4.78, 5) is 28.3. The monoisotopic (exact) mass is 562 g/mol. The van der Waals surface area contributed by atoms with Gasteiger partial charge >= 0.3 is 5.97 Å². The van der Waals surface area contributed by atoms with E-state index < -0.39 is 18.0 Å². The van der Waals surface area contributed by atoms with Gasteiger partial charge in [0.1, 0.15) is 18.4 Å². The van der Waals surface area contributed by atoms with E-state index in [-0.39, 0.29) is 23.6 Å². The first-order valence-electron chi connectivity index (χ1n) is 12.9. The fourth-order valence-electron chi connectivity index (χ4n) is 6.05. The summed E-state index contributed by atoms with van der Waals surface area (Å²) in [7, 11) is 0. The van der Waals surface area contributed by atoms with Crippen molar-refractivity contribution >= 4 is 45.4 Å². The highest BCUT2D eigenvalue weighted by Gasteiger charge is 2.60. The Bertz CT molecular complexity index is 1620. The number of fused-ring (bicyclic) bond motifs is 2. The Morgan fingerprint density at radius 1 is 1.13 bits per heavy atom. The second-order valence-corrected chi connectivity index (χ2v) is 12.0. The van der Waals surface area contributed by atoms with Crippen molar-refractivity contribution in [2.45, 2.75) is 44.1 Å². The SMILES string of the molecule is CSc1c2sc(C3=C(C(=O)O)N4C(=O)[C@H]([C@@H](C)O)[C@H]4[C@H]3C)cn2c[n+]1Cc1ccccc1C[n+]1ccccc1. The molecule has 1 fully saturated rings. The smallest absolute Gasteiger partial charge is 0.352 e. The summed E-state index contributed by atoms with van der Waals surface area (Å²) in [5, 5.41) is 21.3. The number of aliphatic hydroxyl groups excluding tert-OH is 1. The van der Waals surface area contributed by atoms with Gasteiger partial charge in [0.05, 0.1) is 22.9 Å². The number of hydrogen-bond donors (Lipinski definition) is 2. The van der Waals surface area contributed by atoms with Crippen LogP contribution in [0.1, 0.15) is 29.9 Å². The Morgan fingerprint density at radius 3 is 2.46 bits per heavy atom. The summed E-state index contributed by atoms with van der Waals surface area (Å²) in [6.45, 7) is 5.05. The predicted molar refractivity (Wildman–Crippen MR) is 148 cm³/mol. The predicted octanol–water partition coefficient (Wildman–Crippen LogP) is 3.05. The number of β-lactam (4-membered cyclic amide) rings is 1. The first-order chi connectivity index (χ1) is 18.8. The Kier molecular flexibility index (Phi) is 6.57. The number of carbonyl (C=O) groups excluding carboxylic acids is 1. The minimum atomic E-state index is -1.11. The molecule has 4 aromatic rings. The van der Waals surface area contributed by atoms with Crippen LogP contribution in [0.25, 0.3) is 10.4 Å². The Hall–Kier alpha value is -3.47. The van der Waals surface area contributed by atoms with Crippen LogP contribution in [0, 0.1) is 11.8 Å². The normalized spacial score (nSPS) is 21.4. The average molecular weight is 563 g/mol. The summed E-state index contributed by atoms with van der Waals surface area (Å²) in [5.74, 6) is -2.19. The fraction of sp³-hybridized carbons (Fsp3) is 0.310. The molecule has 3 aromatic heterocycles. The van der Waals surface area contributed by atoms with Crippen LogP contribution in [0.2, 0.25) is 0 Å². The van der Waals surface area contributed by atoms with Gasteiger partial charge in [0, 0.05) is 34.8 Å². The van der Waals surface area contributed by atoms with Gasteiger partial charge in [-0.2, -0.15) is 4.40 Å². The third kappa shape index (κ3) is 4.18. The lowest BCUT2D eigenvalue weighted by Crippen LogP contribution is -2.63. The van der Waals surface area contributed by atoms with Crippen molar-refractivity contribution in [3.63, 3.8) is 0 Å². The zero-order valence-electron chi connectivity index (χ0n) is 21.9. The zero-order chi connectivity index (χ0) is 27.4. The fourth-order valence-corrected chi connectivity index (χ4v) is 8.23. The molecule has 1 amide bonds. The highest BCUT2D eigenvalue weighted by molar-refractivity contribution is 7.98. The van der Waals surface area contributed by atoms with E-state index in [4.69, 9.17) is 0 Å². The summed E-state index contributed by atoms with van der Waals surface area (Å²) in [5.41, 5.74) is 3.20. The lowest BCUT2D eigenvalue weighted by molar-refractivity contribution is -0.722. The van der Waals surface area contributed by atoms with Crippen molar-refractivity contribution in [3.8, 4) is 0 Å². The van der Waals surface area contributed by atoms with Gasteiger partial charge in [0.15, 0.2) is 18.9 Å². The summed E-state index contributed by atoms with van der Waals surface area (Å²) in [6.07, 6.45) is 9.40. The second kappa shape index (κ2) is 9.93. The van der Waals surface area contributed by atoms with Gasteiger partial charge in [-0.15, -0.1) is 0 Å². The molecule has 2 N–H and O–H groups in total. The molecule has 0 bridgehead atoms. The number of thioether (sulfide) groups is 1. The second-order valence-electron chi connectivity index (χ2n) is 10.2. The van der Waals surface area contributed by atoms with Crippen LogP contribution in [0.5, 0.6) is 0 Å². The van der Waals surface area contributed by atoms with Gasteiger partial charge in [-0.25, -0.2) is 13.9 Å². The van der Waals surface area contributed by atoms with Gasteiger partial charge in [0.25, 0.3) is 6.33 Å². The molecule has 200 valence electrons. The molecule has 1 aromatic carbocycles. The van der Waals surface area contributed by atoms with E-state index in [1.54, 1.807) is 30.0 Å². The van der Waals surface area contributed by atoms with Gasteiger partial charge in [0.2, 0.25) is 15.8 Å². The molecule has 4 atom stereocenters. The van der Waals surface area contributed by atoms with E-state index in [1.807, 2.05) is 31.3 Å². The molecule has 2 aliphatic rings. The number of hydrogen-bond acceptors (Lipinski definition) is 5. The van der Waals surface area contributed by atoms with E-state index in [9.17, 15) is 19.8 Å². The molecule has 0 saturated carbocycles. The maximum Gasteiger partial charge on any atom is 0.352 e. The van der Waals surface area contributed by atoms with Crippen molar-refractivity contribution in [2.75, 3.05) is 6.26 Å². The molecule has 1 saturated heterocycles. The van der Waals surface area contributed by atoms with Crippen LogP contribution >= 0.6 is 23.1 Å². The van der Waals surface area contributed by atoms with E-state index in [2.05, 4.69) is 62.8 Å². The van der Waals surface area contributed by atoms with Crippen LogP contribution < -0.4 is 9.13 Å². The third-order valence-corrected chi connectivity index (χ3v) is 9.91. The molecule has 2 aliphatic heterocycles. The number of benzene rings is 1. The number of aliphatic carboxylic acids is 1. The molecular weight excluding hydrogens is 532 g/mol. The number of aromatic nitrogens is 3. The molecule has 6 rings (SSSR count). The number of carboxylic acids is 1. The highest BCUT2D eigenvalue weighted by Crippen LogP contribution is 2.51.